The van der Waals surface area contributed by atoms with Crippen molar-refractivity contribution in [3.05, 3.63) is 71.3 Å². The maximum Gasteiger partial charge on any atom is 0.306 e. The predicted molar refractivity (Wildman–Crippen MR) is 133 cm³/mol. The van der Waals surface area contributed by atoms with Crippen molar-refractivity contribution in [1.29, 1.82) is 0 Å². The third-order valence-electron chi connectivity index (χ3n) is 6.70. The Labute approximate surface area is 213 Å². The zero-order chi connectivity index (χ0) is 25.9. The molecule has 3 aromatic heterocycles. The van der Waals surface area contributed by atoms with Crippen molar-refractivity contribution in [2.45, 2.75) is 51.4 Å². The molecule has 3 atom stereocenters. The average molecular weight is 504 g/mol. The van der Waals surface area contributed by atoms with E-state index in [0.717, 1.165) is 18.4 Å². The normalized spacial score (nSPS) is 18.5. The first-order valence-corrected chi connectivity index (χ1v) is 12.3. The van der Waals surface area contributed by atoms with Crippen LogP contribution < -0.4 is 4.74 Å². The minimum atomic E-state index is -1.10. The van der Waals surface area contributed by atoms with Crippen LogP contribution in [-0.2, 0) is 18.4 Å². The van der Waals surface area contributed by atoms with E-state index in [-0.39, 0.29) is 12.0 Å². The molecule has 192 valence electrons. The Hall–Kier alpha value is -4.12. The van der Waals surface area contributed by atoms with E-state index in [4.69, 9.17) is 4.74 Å². The number of aryl methyl sites for hydroxylation is 2. The molecule has 0 aliphatic heterocycles. The van der Waals surface area contributed by atoms with Crippen LogP contribution in [0.5, 0.6) is 5.75 Å². The van der Waals surface area contributed by atoms with Gasteiger partial charge in [-0.15, -0.1) is 10.2 Å². The maximum absolute atomic E-state index is 11.4. The first-order valence-electron chi connectivity index (χ1n) is 12.3. The number of carbonyl (C=O) groups is 1. The van der Waals surface area contributed by atoms with Gasteiger partial charge >= 0.3 is 5.97 Å². The summed E-state index contributed by atoms with van der Waals surface area (Å²) >= 11 is 0. The highest BCUT2D eigenvalue weighted by molar-refractivity contribution is 5.70. The summed E-state index contributed by atoms with van der Waals surface area (Å²) in [4.78, 5) is 16.0. The summed E-state index contributed by atoms with van der Waals surface area (Å²) in [5.74, 6) is -0.539. The summed E-state index contributed by atoms with van der Waals surface area (Å²) in [5, 5.41) is 37.2. The zero-order valence-corrected chi connectivity index (χ0v) is 20.7. The molecular weight excluding hydrogens is 474 g/mol. The molecule has 11 nitrogen and oxygen atoms in total. The van der Waals surface area contributed by atoms with Gasteiger partial charge in [0.25, 0.3) is 0 Å². The standard InChI is InChI=1S/C26H29N7O4/c1-16-22(37-19-10-6-9-18(13-19)26(35)36)12-11-20(27-16)23-24(32(2)30-29-23)25(34)21-15-33(31-28-21)14-17-7-4-3-5-8-17/h3-5,7-8,11-12,15,18-19,25,34H,6,9-10,13-14H2,1-2H3,(H,35,36)/t18-,19-,25?/m0/s1. The number of pyridine rings is 1. The molecular formula is C26H29N7O4. The van der Waals surface area contributed by atoms with Gasteiger partial charge in [0, 0.05) is 7.05 Å². The number of rotatable bonds is 8. The fourth-order valence-corrected chi connectivity index (χ4v) is 4.74. The third-order valence-corrected chi connectivity index (χ3v) is 6.70. The summed E-state index contributed by atoms with van der Waals surface area (Å²) in [6.45, 7) is 2.37. The number of ether oxygens (including phenoxy) is 1. The van der Waals surface area contributed by atoms with E-state index in [1.54, 1.807) is 24.0 Å². The molecule has 1 aromatic carbocycles. The number of aliphatic hydroxyl groups is 1. The van der Waals surface area contributed by atoms with Gasteiger partial charge in [-0.2, -0.15) is 0 Å². The molecule has 2 N–H and O–H groups in total. The van der Waals surface area contributed by atoms with E-state index in [2.05, 4.69) is 25.6 Å². The monoisotopic (exact) mass is 503 g/mol. The summed E-state index contributed by atoms with van der Waals surface area (Å²) < 4.78 is 9.30. The second kappa shape index (κ2) is 10.5. The molecule has 0 spiro atoms. The zero-order valence-electron chi connectivity index (χ0n) is 20.7. The van der Waals surface area contributed by atoms with Gasteiger partial charge in [0.2, 0.25) is 0 Å². The molecule has 1 unspecified atom stereocenters. The van der Waals surface area contributed by atoms with Gasteiger partial charge in [0.05, 0.1) is 36.2 Å². The fraction of sp³-hybridized carbons (Fsp3) is 0.385. The lowest BCUT2D eigenvalue weighted by atomic mass is 9.87. The quantitative estimate of drug-likeness (QED) is 0.371. The van der Waals surface area contributed by atoms with E-state index in [0.29, 0.717) is 53.6 Å². The average Bonchev–Trinajstić information content (AvgIpc) is 3.52. The second-order valence-electron chi connectivity index (χ2n) is 9.40. The Morgan fingerprint density at radius 1 is 1.14 bits per heavy atom. The Morgan fingerprint density at radius 2 is 1.95 bits per heavy atom. The van der Waals surface area contributed by atoms with Crippen molar-refractivity contribution in [3.8, 4) is 17.1 Å². The van der Waals surface area contributed by atoms with E-state index < -0.39 is 12.1 Å². The smallest absolute Gasteiger partial charge is 0.306 e. The number of carboxylic acid groups (broad SMARTS) is 1. The van der Waals surface area contributed by atoms with Gasteiger partial charge in [0.1, 0.15) is 28.9 Å². The minimum Gasteiger partial charge on any atom is -0.489 e. The molecule has 1 saturated carbocycles. The number of carboxylic acids is 1. The molecule has 1 aliphatic rings. The van der Waals surface area contributed by atoms with E-state index >= 15 is 0 Å². The highest BCUT2D eigenvalue weighted by atomic mass is 16.5. The summed E-state index contributed by atoms with van der Waals surface area (Å²) in [5.41, 5.74) is 3.52. The van der Waals surface area contributed by atoms with Crippen LogP contribution in [0.4, 0.5) is 0 Å². The molecule has 37 heavy (non-hydrogen) atoms. The van der Waals surface area contributed by atoms with Gasteiger partial charge in [-0.05, 0) is 50.3 Å². The first-order chi connectivity index (χ1) is 17.9. The summed E-state index contributed by atoms with van der Waals surface area (Å²) in [6.07, 6.45) is 3.25. The van der Waals surface area contributed by atoms with Crippen LogP contribution >= 0.6 is 0 Å². The predicted octanol–water partition coefficient (Wildman–Crippen LogP) is 2.93. The van der Waals surface area contributed by atoms with Crippen LogP contribution in [0.15, 0.2) is 48.7 Å². The molecule has 5 rings (SSSR count). The van der Waals surface area contributed by atoms with Gasteiger partial charge < -0.3 is 14.9 Å². The molecule has 1 aliphatic carbocycles. The molecule has 0 amide bonds. The van der Waals surface area contributed by atoms with Crippen molar-refractivity contribution >= 4 is 5.97 Å². The fourth-order valence-electron chi connectivity index (χ4n) is 4.74. The molecule has 0 radical (unpaired) electrons. The Balaban J connectivity index is 1.34. The van der Waals surface area contributed by atoms with Gasteiger partial charge in [-0.1, -0.05) is 40.8 Å². The van der Waals surface area contributed by atoms with Crippen molar-refractivity contribution < 1.29 is 19.7 Å². The minimum absolute atomic E-state index is 0.159. The third kappa shape index (κ3) is 5.36. The van der Waals surface area contributed by atoms with E-state index in [1.807, 2.05) is 43.3 Å². The molecule has 0 saturated heterocycles. The van der Waals surface area contributed by atoms with Gasteiger partial charge in [-0.25, -0.2) is 14.3 Å². The Bertz CT molecular complexity index is 1380. The molecule has 3 heterocycles. The second-order valence-corrected chi connectivity index (χ2v) is 9.40. The lowest BCUT2D eigenvalue weighted by Gasteiger charge is -2.27. The van der Waals surface area contributed by atoms with Gasteiger partial charge in [-0.3, -0.25) is 4.79 Å². The SMILES string of the molecule is Cc1nc(-c2nnn(C)c2C(O)c2cn(Cc3ccccc3)nn2)ccc1O[C@H]1CCC[C@H](C(=O)O)C1. The summed E-state index contributed by atoms with van der Waals surface area (Å²) in [6, 6.07) is 13.5. The lowest BCUT2D eigenvalue weighted by Crippen LogP contribution is -2.29. The number of hydrogen-bond donors (Lipinski definition) is 2. The van der Waals surface area contributed by atoms with E-state index in [1.165, 1.54) is 4.68 Å². The maximum atomic E-state index is 11.4. The van der Waals surface area contributed by atoms with Crippen LogP contribution in [0.3, 0.4) is 0 Å². The van der Waals surface area contributed by atoms with Crippen molar-refractivity contribution in [2.75, 3.05) is 0 Å². The topological polar surface area (TPSA) is 141 Å². The van der Waals surface area contributed by atoms with E-state index in [9.17, 15) is 15.0 Å². The summed E-state index contributed by atoms with van der Waals surface area (Å²) in [7, 11) is 1.70. The van der Waals surface area contributed by atoms with Crippen LogP contribution in [0.2, 0.25) is 0 Å². The van der Waals surface area contributed by atoms with Gasteiger partial charge in [0.15, 0.2) is 0 Å². The Morgan fingerprint density at radius 3 is 2.70 bits per heavy atom. The Kier molecular flexibility index (Phi) is 6.95. The highest BCUT2D eigenvalue weighted by Gasteiger charge is 2.29. The molecule has 0 bridgehead atoms. The van der Waals surface area contributed by atoms with Crippen LogP contribution in [0, 0.1) is 12.8 Å². The van der Waals surface area contributed by atoms with Crippen LogP contribution in [-0.4, -0.2) is 57.3 Å². The number of aromatic nitrogens is 7. The molecule has 11 heteroatoms. The number of nitrogens with zero attached hydrogens (tertiary/aromatic N) is 7. The number of aliphatic hydroxyl groups excluding tert-OH is 1. The van der Waals surface area contributed by atoms with Crippen molar-refractivity contribution in [1.82, 2.24) is 35.0 Å². The molecule has 4 aromatic rings. The van der Waals surface area contributed by atoms with Crippen molar-refractivity contribution in [2.24, 2.45) is 13.0 Å². The number of hydrogen-bond acceptors (Lipinski definition) is 8. The highest BCUT2D eigenvalue weighted by Crippen LogP contribution is 2.32. The van der Waals surface area contributed by atoms with Crippen molar-refractivity contribution in [3.63, 3.8) is 0 Å². The number of benzene rings is 1. The molecule has 1 fully saturated rings. The number of aliphatic carboxylic acids is 1. The lowest BCUT2D eigenvalue weighted by molar-refractivity contribution is -0.143. The van der Waals surface area contributed by atoms with Crippen LogP contribution in [0.1, 0.15) is 54.4 Å². The van der Waals surface area contributed by atoms with Crippen LogP contribution in [0.25, 0.3) is 11.4 Å². The largest absolute Gasteiger partial charge is 0.489 e. The first kappa shape index (κ1) is 24.6.